The lowest BCUT2D eigenvalue weighted by atomic mass is 10.1. The first kappa shape index (κ1) is 19.5. The summed E-state index contributed by atoms with van der Waals surface area (Å²) in [6.45, 7) is 6.28. The molecule has 0 bridgehead atoms. The number of nitrogens with zero attached hydrogens (tertiary/aromatic N) is 2. The molecule has 0 saturated heterocycles. The highest BCUT2D eigenvalue weighted by molar-refractivity contribution is 6.02. The SMILES string of the molecule is C=CC(=O)N(C)c1cccc2c1CN(C(=O)c1cc(CC)c(OC)cc1O)C2. The van der Waals surface area contributed by atoms with Gasteiger partial charge in [-0.1, -0.05) is 25.6 Å². The molecule has 0 unspecified atom stereocenters. The molecule has 3 rings (SSSR count). The number of benzene rings is 2. The first-order chi connectivity index (χ1) is 13.4. The summed E-state index contributed by atoms with van der Waals surface area (Å²) >= 11 is 0. The van der Waals surface area contributed by atoms with Crippen LogP contribution in [0.4, 0.5) is 5.69 Å². The molecule has 2 amide bonds. The molecular formula is C22H24N2O4. The van der Waals surface area contributed by atoms with Gasteiger partial charge in [0.15, 0.2) is 0 Å². The third kappa shape index (κ3) is 3.33. The van der Waals surface area contributed by atoms with Crippen LogP contribution in [0.1, 0.15) is 34.0 Å². The molecule has 1 aliphatic heterocycles. The summed E-state index contributed by atoms with van der Waals surface area (Å²) in [7, 11) is 3.22. The van der Waals surface area contributed by atoms with E-state index in [1.54, 1.807) is 18.0 Å². The third-order valence-corrected chi connectivity index (χ3v) is 5.12. The van der Waals surface area contributed by atoms with Crippen LogP contribution < -0.4 is 9.64 Å². The fraction of sp³-hybridized carbons (Fsp3) is 0.273. The van der Waals surface area contributed by atoms with Crippen LogP contribution in [0, 0.1) is 0 Å². The molecule has 2 aromatic rings. The van der Waals surface area contributed by atoms with Gasteiger partial charge in [0.25, 0.3) is 5.91 Å². The fourth-order valence-electron chi connectivity index (χ4n) is 3.54. The Labute approximate surface area is 164 Å². The van der Waals surface area contributed by atoms with Crippen LogP contribution in [0.15, 0.2) is 43.0 Å². The molecule has 6 heteroatoms. The monoisotopic (exact) mass is 380 g/mol. The number of rotatable bonds is 5. The van der Waals surface area contributed by atoms with Crippen LogP contribution in [0.25, 0.3) is 0 Å². The van der Waals surface area contributed by atoms with Crippen molar-refractivity contribution in [3.05, 3.63) is 65.2 Å². The van der Waals surface area contributed by atoms with Crippen LogP contribution in [0.5, 0.6) is 11.5 Å². The van der Waals surface area contributed by atoms with Gasteiger partial charge in [0.2, 0.25) is 5.91 Å². The molecule has 28 heavy (non-hydrogen) atoms. The van der Waals surface area contributed by atoms with Gasteiger partial charge in [-0.15, -0.1) is 0 Å². The second kappa shape index (κ2) is 7.76. The van der Waals surface area contributed by atoms with Crippen molar-refractivity contribution >= 4 is 17.5 Å². The van der Waals surface area contributed by atoms with Crippen molar-refractivity contribution in [1.82, 2.24) is 4.90 Å². The van der Waals surface area contributed by atoms with Gasteiger partial charge in [0.1, 0.15) is 11.5 Å². The molecule has 0 aromatic heterocycles. The van der Waals surface area contributed by atoms with Crippen molar-refractivity contribution in [2.75, 3.05) is 19.1 Å². The Morgan fingerprint density at radius 3 is 2.71 bits per heavy atom. The molecule has 1 heterocycles. The van der Waals surface area contributed by atoms with Gasteiger partial charge >= 0.3 is 0 Å². The highest BCUT2D eigenvalue weighted by Gasteiger charge is 2.29. The number of amides is 2. The predicted octanol–water partition coefficient (Wildman–Crippen LogP) is 3.27. The summed E-state index contributed by atoms with van der Waals surface area (Å²) in [6, 6.07) is 8.85. The first-order valence-electron chi connectivity index (χ1n) is 9.11. The number of aryl methyl sites for hydroxylation is 1. The van der Waals surface area contributed by atoms with Crippen LogP contribution >= 0.6 is 0 Å². The lowest BCUT2D eigenvalue weighted by Crippen LogP contribution is -2.27. The van der Waals surface area contributed by atoms with Gasteiger partial charge in [-0.3, -0.25) is 9.59 Å². The summed E-state index contributed by atoms with van der Waals surface area (Å²) in [5.74, 6) is -0.00412. The quantitative estimate of drug-likeness (QED) is 0.809. The molecule has 0 aliphatic carbocycles. The minimum Gasteiger partial charge on any atom is -0.507 e. The molecule has 1 N–H and O–H groups in total. The minimum absolute atomic E-state index is 0.103. The second-order valence-corrected chi connectivity index (χ2v) is 6.71. The number of phenolic OH excluding ortho intramolecular Hbond substituents is 1. The molecule has 0 atom stereocenters. The largest absolute Gasteiger partial charge is 0.507 e. The van der Waals surface area contributed by atoms with E-state index in [0.29, 0.717) is 25.3 Å². The average molecular weight is 380 g/mol. The standard InChI is InChI=1S/C22H24N2O4/c1-5-14-10-16(19(25)11-20(14)28-4)22(27)24-12-15-8-7-9-18(17(15)13-24)23(3)21(26)6-2/h6-11,25H,2,5,12-13H2,1,3-4H3. The van der Waals surface area contributed by atoms with Crippen LogP contribution in [-0.4, -0.2) is 36.0 Å². The topological polar surface area (TPSA) is 70.1 Å². The second-order valence-electron chi connectivity index (χ2n) is 6.71. The molecule has 2 aromatic carbocycles. The first-order valence-corrected chi connectivity index (χ1v) is 9.11. The number of likely N-dealkylation sites (N-methyl/N-ethyl adjacent to an activating group) is 1. The average Bonchev–Trinajstić information content (AvgIpc) is 3.16. The molecular weight excluding hydrogens is 356 g/mol. The summed E-state index contributed by atoms with van der Waals surface area (Å²) in [5, 5.41) is 10.3. The molecule has 146 valence electrons. The maximum absolute atomic E-state index is 13.1. The number of carbonyl (C=O) groups excluding carboxylic acids is 2. The number of methoxy groups -OCH3 is 1. The van der Waals surface area contributed by atoms with E-state index >= 15 is 0 Å². The number of aromatic hydroxyl groups is 1. The number of phenols is 1. The maximum Gasteiger partial charge on any atom is 0.258 e. The Morgan fingerprint density at radius 2 is 2.07 bits per heavy atom. The minimum atomic E-state index is -0.255. The zero-order valence-corrected chi connectivity index (χ0v) is 16.4. The summed E-state index contributed by atoms with van der Waals surface area (Å²) in [6.07, 6.45) is 1.95. The molecule has 6 nitrogen and oxygen atoms in total. The van der Waals surface area contributed by atoms with E-state index in [-0.39, 0.29) is 23.1 Å². The van der Waals surface area contributed by atoms with Crippen LogP contribution in [0.3, 0.4) is 0 Å². The Balaban J connectivity index is 1.92. The lowest BCUT2D eigenvalue weighted by Gasteiger charge is -2.20. The molecule has 0 spiro atoms. The van der Waals surface area contributed by atoms with Gasteiger partial charge in [-0.25, -0.2) is 0 Å². The zero-order chi connectivity index (χ0) is 20.4. The van der Waals surface area contributed by atoms with E-state index in [0.717, 1.165) is 22.4 Å². The number of ether oxygens (including phenoxy) is 1. The summed E-state index contributed by atoms with van der Waals surface area (Å²) in [5.41, 5.74) is 3.78. The van der Waals surface area contributed by atoms with Crippen molar-refractivity contribution in [3.8, 4) is 11.5 Å². The summed E-state index contributed by atoms with van der Waals surface area (Å²) in [4.78, 5) is 28.3. The van der Waals surface area contributed by atoms with Crippen molar-refractivity contribution < 1.29 is 19.4 Å². The maximum atomic E-state index is 13.1. The van der Waals surface area contributed by atoms with Gasteiger partial charge in [0.05, 0.1) is 12.7 Å². The van der Waals surface area contributed by atoms with Crippen molar-refractivity contribution in [3.63, 3.8) is 0 Å². The summed E-state index contributed by atoms with van der Waals surface area (Å²) < 4.78 is 5.27. The lowest BCUT2D eigenvalue weighted by molar-refractivity contribution is -0.113. The Kier molecular flexibility index (Phi) is 5.40. The molecule has 0 radical (unpaired) electrons. The fourth-order valence-corrected chi connectivity index (χ4v) is 3.54. The predicted molar refractivity (Wildman–Crippen MR) is 108 cm³/mol. The molecule has 0 saturated carbocycles. The Bertz CT molecular complexity index is 952. The Morgan fingerprint density at radius 1 is 1.32 bits per heavy atom. The van der Waals surface area contributed by atoms with Crippen molar-refractivity contribution in [2.45, 2.75) is 26.4 Å². The van der Waals surface area contributed by atoms with E-state index in [9.17, 15) is 14.7 Å². The molecule has 0 fully saturated rings. The van der Waals surface area contributed by atoms with Crippen LogP contribution in [-0.2, 0) is 24.3 Å². The zero-order valence-electron chi connectivity index (χ0n) is 16.4. The van der Waals surface area contributed by atoms with E-state index in [4.69, 9.17) is 4.74 Å². The smallest absolute Gasteiger partial charge is 0.258 e. The van der Waals surface area contributed by atoms with E-state index in [1.165, 1.54) is 24.2 Å². The highest BCUT2D eigenvalue weighted by Crippen LogP contribution is 2.35. The number of fused-ring (bicyclic) bond motifs is 1. The molecule has 1 aliphatic rings. The van der Waals surface area contributed by atoms with Crippen LogP contribution in [0.2, 0.25) is 0 Å². The van der Waals surface area contributed by atoms with E-state index in [2.05, 4.69) is 6.58 Å². The highest BCUT2D eigenvalue weighted by atomic mass is 16.5. The normalized spacial score (nSPS) is 12.5. The number of carbonyl (C=O) groups is 2. The number of hydrogen-bond donors (Lipinski definition) is 1. The van der Waals surface area contributed by atoms with Gasteiger partial charge in [-0.05, 0) is 35.8 Å². The van der Waals surface area contributed by atoms with Gasteiger partial charge < -0.3 is 19.6 Å². The van der Waals surface area contributed by atoms with Gasteiger partial charge in [0, 0.05) is 37.5 Å². The van der Waals surface area contributed by atoms with E-state index in [1.807, 2.05) is 25.1 Å². The Hall–Kier alpha value is -3.28. The van der Waals surface area contributed by atoms with Crippen molar-refractivity contribution in [2.24, 2.45) is 0 Å². The number of hydrogen-bond acceptors (Lipinski definition) is 4. The van der Waals surface area contributed by atoms with Crippen molar-refractivity contribution in [1.29, 1.82) is 0 Å². The third-order valence-electron chi connectivity index (χ3n) is 5.12. The van der Waals surface area contributed by atoms with E-state index < -0.39 is 0 Å². The number of anilines is 1. The van der Waals surface area contributed by atoms with Gasteiger partial charge in [-0.2, -0.15) is 0 Å².